The second kappa shape index (κ2) is 6.25. The van der Waals surface area contributed by atoms with Crippen LogP contribution in [0.4, 0.5) is 0 Å². The third kappa shape index (κ3) is 3.13. The van der Waals surface area contributed by atoms with Gasteiger partial charge >= 0.3 is 0 Å². The van der Waals surface area contributed by atoms with E-state index in [0.717, 1.165) is 32.2 Å². The highest BCUT2D eigenvalue weighted by molar-refractivity contribution is 5.86. The Bertz CT molecular complexity index is 308. The molecule has 0 spiro atoms. The topological polar surface area (TPSA) is 41.1 Å². The average Bonchev–Trinajstić information content (AvgIpc) is 2.89. The number of hydrogen-bond acceptors (Lipinski definition) is 2. The fraction of sp³-hybridized carbons (Fsp3) is 0.938. The van der Waals surface area contributed by atoms with Crippen molar-refractivity contribution < 1.29 is 4.79 Å². The molecule has 0 aromatic rings. The van der Waals surface area contributed by atoms with Crippen molar-refractivity contribution in [1.82, 2.24) is 10.6 Å². The lowest BCUT2D eigenvalue weighted by Gasteiger charge is -2.37. The molecule has 19 heavy (non-hydrogen) atoms. The van der Waals surface area contributed by atoms with E-state index < -0.39 is 0 Å². The summed E-state index contributed by atoms with van der Waals surface area (Å²) in [4.78, 5) is 12.7. The number of amides is 1. The van der Waals surface area contributed by atoms with Crippen LogP contribution < -0.4 is 10.6 Å². The van der Waals surface area contributed by atoms with Crippen LogP contribution in [0.25, 0.3) is 0 Å². The van der Waals surface area contributed by atoms with Crippen LogP contribution in [0.1, 0.15) is 65.7 Å². The summed E-state index contributed by atoms with van der Waals surface area (Å²) in [6.45, 7) is 7.69. The van der Waals surface area contributed by atoms with Gasteiger partial charge in [-0.1, -0.05) is 33.6 Å². The van der Waals surface area contributed by atoms with Gasteiger partial charge in [0.25, 0.3) is 0 Å². The number of carbonyl (C=O) groups is 1. The minimum absolute atomic E-state index is 0.255. The number of nitrogens with one attached hydrogen (secondary N) is 2. The monoisotopic (exact) mass is 266 g/mol. The molecule has 2 N–H and O–H groups in total. The van der Waals surface area contributed by atoms with Gasteiger partial charge < -0.3 is 10.6 Å². The second-order valence-electron chi connectivity index (χ2n) is 6.74. The van der Waals surface area contributed by atoms with Gasteiger partial charge in [0.1, 0.15) is 0 Å². The molecule has 1 amide bonds. The normalized spacial score (nSPS) is 35.6. The quantitative estimate of drug-likeness (QED) is 0.821. The summed E-state index contributed by atoms with van der Waals surface area (Å²) < 4.78 is 0. The largest absolute Gasteiger partial charge is 0.351 e. The lowest BCUT2D eigenvalue weighted by Crippen LogP contribution is -2.57. The van der Waals surface area contributed by atoms with Crippen LogP contribution in [0.15, 0.2) is 0 Å². The molecule has 3 heteroatoms. The van der Waals surface area contributed by atoms with E-state index in [0.29, 0.717) is 17.9 Å². The molecule has 2 rings (SSSR count). The Labute approximate surface area is 117 Å². The van der Waals surface area contributed by atoms with Gasteiger partial charge in [0, 0.05) is 6.04 Å². The smallest absolute Gasteiger partial charge is 0.240 e. The number of carbonyl (C=O) groups excluding carboxylic acids is 1. The molecule has 1 saturated heterocycles. The first-order chi connectivity index (χ1) is 9.09. The van der Waals surface area contributed by atoms with Gasteiger partial charge in [0.2, 0.25) is 5.91 Å². The zero-order chi connectivity index (χ0) is 13.9. The molecular weight excluding hydrogens is 236 g/mol. The Hall–Kier alpha value is -0.570. The van der Waals surface area contributed by atoms with Crippen LogP contribution in [-0.2, 0) is 4.79 Å². The molecule has 110 valence electrons. The summed E-state index contributed by atoms with van der Waals surface area (Å²) >= 11 is 0. The SMILES string of the molecule is CCC1(C(=O)NC2CCCCC2C(C)C)CCCN1. The summed E-state index contributed by atoms with van der Waals surface area (Å²) in [6, 6.07) is 0.395. The maximum atomic E-state index is 12.7. The van der Waals surface area contributed by atoms with Crippen molar-refractivity contribution in [3.05, 3.63) is 0 Å². The first-order valence-corrected chi connectivity index (χ1v) is 8.15. The Balaban J connectivity index is 2.00. The van der Waals surface area contributed by atoms with E-state index in [1.165, 1.54) is 19.3 Å². The zero-order valence-corrected chi connectivity index (χ0v) is 12.8. The minimum atomic E-state index is -0.279. The van der Waals surface area contributed by atoms with E-state index in [1.54, 1.807) is 0 Å². The van der Waals surface area contributed by atoms with Crippen LogP contribution in [0.2, 0.25) is 0 Å². The van der Waals surface area contributed by atoms with Crippen LogP contribution in [0.3, 0.4) is 0 Å². The lowest BCUT2D eigenvalue weighted by atomic mass is 9.77. The second-order valence-corrected chi connectivity index (χ2v) is 6.74. The van der Waals surface area contributed by atoms with Gasteiger partial charge in [-0.15, -0.1) is 0 Å². The summed E-state index contributed by atoms with van der Waals surface area (Å²) in [5, 5.41) is 6.82. The van der Waals surface area contributed by atoms with Crippen LogP contribution >= 0.6 is 0 Å². The summed E-state index contributed by atoms with van der Waals surface area (Å²) in [7, 11) is 0. The summed E-state index contributed by atoms with van der Waals surface area (Å²) in [5.41, 5.74) is -0.279. The van der Waals surface area contributed by atoms with Crippen molar-refractivity contribution >= 4 is 5.91 Å². The van der Waals surface area contributed by atoms with Crippen molar-refractivity contribution in [2.45, 2.75) is 77.3 Å². The third-order valence-corrected chi connectivity index (χ3v) is 5.27. The highest BCUT2D eigenvalue weighted by atomic mass is 16.2. The number of hydrogen-bond donors (Lipinski definition) is 2. The van der Waals surface area contributed by atoms with E-state index in [1.807, 2.05) is 0 Å². The van der Waals surface area contributed by atoms with Gasteiger partial charge in [0.15, 0.2) is 0 Å². The molecule has 1 saturated carbocycles. The maximum Gasteiger partial charge on any atom is 0.240 e. The Morgan fingerprint density at radius 1 is 1.32 bits per heavy atom. The fourth-order valence-corrected chi connectivity index (χ4v) is 3.91. The number of rotatable bonds is 4. The zero-order valence-electron chi connectivity index (χ0n) is 12.8. The minimum Gasteiger partial charge on any atom is -0.351 e. The van der Waals surface area contributed by atoms with Gasteiger partial charge in [-0.25, -0.2) is 0 Å². The molecule has 3 atom stereocenters. The van der Waals surface area contributed by atoms with Crippen molar-refractivity contribution in [1.29, 1.82) is 0 Å². The molecule has 2 fully saturated rings. The Morgan fingerprint density at radius 3 is 2.63 bits per heavy atom. The van der Waals surface area contributed by atoms with Crippen molar-refractivity contribution in [3.8, 4) is 0 Å². The third-order valence-electron chi connectivity index (χ3n) is 5.27. The molecule has 0 bridgehead atoms. The van der Waals surface area contributed by atoms with Crippen LogP contribution in [0.5, 0.6) is 0 Å². The highest BCUT2D eigenvalue weighted by Crippen LogP contribution is 2.31. The van der Waals surface area contributed by atoms with E-state index in [4.69, 9.17) is 0 Å². The maximum absolute atomic E-state index is 12.7. The van der Waals surface area contributed by atoms with Gasteiger partial charge in [-0.3, -0.25) is 4.79 Å². The molecule has 3 unspecified atom stereocenters. The van der Waals surface area contributed by atoms with E-state index in [9.17, 15) is 4.79 Å². The molecule has 1 heterocycles. The molecule has 0 aromatic heterocycles. The molecule has 2 aliphatic rings. The standard InChI is InChI=1S/C16H30N2O/c1-4-16(10-7-11-17-16)15(19)18-14-9-6-5-8-13(14)12(2)3/h12-14,17H,4-11H2,1-3H3,(H,18,19). The van der Waals surface area contributed by atoms with E-state index in [2.05, 4.69) is 31.4 Å². The van der Waals surface area contributed by atoms with Gasteiger partial charge in [0.05, 0.1) is 5.54 Å². The fourth-order valence-electron chi connectivity index (χ4n) is 3.91. The molecule has 3 nitrogen and oxygen atoms in total. The average molecular weight is 266 g/mol. The van der Waals surface area contributed by atoms with Crippen LogP contribution in [0, 0.1) is 11.8 Å². The van der Waals surface area contributed by atoms with Gasteiger partial charge in [-0.2, -0.15) is 0 Å². The van der Waals surface area contributed by atoms with Crippen molar-refractivity contribution in [2.24, 2.45) is 11.8 Å². The first kappa shape index (κ1) is 14.8. The predicted molar refractivity (Wildman–Crippen MR) is 79.0 cm³/mol. The van der Waals surface area contributed by atoms with Crippen molar-refractivity contribution in [2.75, 3.05) is 6.54 Å². The van der Waals surface area contributed by atoms with E-state index in [-0.39, 0.29) is 11.4 Å². The van der Waals surface area contributed by atoms with Crippen molar-refractivity contribution in [3.63, 3.8) is 0 Å². The molecule has 1 aliphatic carbocycles. The highest BCUT2D eigenvalue weighted by Gasteiger charge is 2.41. The Kier molecular flexibility index (Phi) is 4.88. The summed E-state index contributed by atoms with van der Waals surface area (Å²) in [6.07, 6.45) is 8.04. The summed E-state index contributed by atoms with van der Waals surface area (Å²) in [5.74, 6) is 1.58. The Morgan fingerprint density at radius 2 is 2.05 bits per heavy atom. The molecule has 0 aromatic carbocycles. The van der Waals surface area contributed by atoms with E-state index >= 15 is 0 Å². The molecular formula is C16H30N2O. The molecule has 0 radical (unpaired) electrons. The van der Waals surface area contributed by atoms with Gasteiger partial charge in [-0.05, 0) is 50.5 Å². The first-order valence-electron chi connectivity index (χ1n) is 8.15. The predicted octanol–water partition coefficient (Wildman–Crippen LogP) is 2.85. The lowest BCUT2D eigenvalue weighted by molar-refractivity contribution is -0.128. The molecule has 1 aliphatic heterocycles. The van der Waals surface area contributed by atoms with Crippen LogP contribution in [-0.4, -0.2) is 24.0 Å².